The predicted molar refractivity (Wildman–Crippen MR) is 96.7 cm³/mol. The van der Waals surface area contributed by atoms with E-state index in [2.05, 4.69) is 5.10 Å². The summed E-state index contributed by atoms with van der Waals surface area (Å²) >= 11 is 1.54. The average molecular weight is 366 g/mol. The summed E-state index contributed by atoms with van der Waals surface area (Å²) in [7, 11) is -1.08. The monoisotopic (exact) mass is 366 g/mol. The van der Waals surface area contributed by atoms with Gasteiger partial charge < -0.3 is 9.31 Å². The van der Waals surface area contributed by atoms with Crippen molar-refractivity contribution in [1.29, 1.82) is 0 Å². The number of nitrogens with zero attached hydrogens (tertiary/aromatic N) is 2. The molecule has 0 N–H and O–H groups in total. The van der Waals surface area contributed by atoms with E-state index in [1.165, 1.54) is 10.8 Å². The highest BCUT2D eigenvalue weighted by molar-refractivity contribution is 7.08. The van der Waals surface area contributed by atoms with E-state index in [1.54, 1.807) is 17.4 Å². The second kappa shape index (κ2) is 6.66. The van der Waals surface area contributed by atoms with Crippen molar-refractivity contribution in [1.82, 2.24) is 9.78 Å². The molecule has 8 heteroatoms. The van der Waals surface area contributed by atoms with Crippen molar-refractivity contribution in [2.24, 2.45) is 0 Å². The number of aromatic nitrogens is 2. The maximum absolute atomic E-state index is 14.7. The summed E-state index contributed by atoms with van der Waals surface area (Å²) in [5, 5.41) is 8.25. The quantitative estimate of drug-likeness (QED) is 0.730. The van der Waals surface area contributed by atoms with Crippen LogP contribution in [0.4, 0.5) is 8.78 Å². The highest BCUT2D eigenvalue weighted by Gasteiger charge is 2.53. The van der Waals surface area contributed by atoms with Crippen LogP contribution >= 0.6 is 11.3 Å². The molecule has 0 bridgehead atoms. The number of alkyl halides is 1. The van der Waals surface area contributed by atoms with Gasteiger partial charge in [-0.05, 0) is 51.3 Å². The van der Waals surface area contributed by atoms with Crippen LogP contribution in [0.3, 0.4) is 0 Å². The van der Waals surface area contributed by atoms with Gasteiger partial charge in [-0.25, -0.2) is 8.78 Å². The Bertz CT molecular complexity index is 756. The molecular weight excluding hydrogens is 345 g/mol. The van der Waals surface area contributed by atoms with E-state index in [-0.39, 0.29) is 6.54 Å². The van der Waals surface area contributed by atoms with Crippen molar-refractivity contribution < 1.29 is 18.1 Å². The zero-order valence-corrected chi connectivity index (χ0v) is 15.6. The lowest BCUT2D eigenvalue weighted by Gasteiger charge is -2.32. The van der Waals surface area contributed by atoms with E-state index in [0.29, 0.717) is 11.4 Å². The summed E-state index contributed by atoms with van der Waals surface area (Å²) in [6, 6.07) is 3.66. The summed E-state index contributed by atoms with van der Waals surface area (Å²) in [4.78, 5) is 0. The number of halogens is 2. The largest absolute Gasteiger partial charge is 0.525 e. The minimum absolute atomic E-state index is 0.0621. The SMILES string of the molecule is CC1(C)OB(C(F)=Cc2cc(-c3ccsc3)nn2CCF)OC1(C)C. The number of hydrogen-bond acceptors (Lipinski definition) is 4. The summed E-state index contributed by atoms with van der Waals surface area (Å²) in [5.74, 6) is 0. The van der Waals surface area contributed by atoms with E-state index >= 15 is 0 Å². The molecule has 2 aromatic rings. The van der Waals surface area contributed by atoms with E-state index in [4.69, 9.17) is 9.31 Å². The minimum atomic E-state index is -1.08. The van der Waals surface area contributed by atoms with Gasteiger partial charge in [0.05, 0.1) is 29.1 Å². The molecule has 0 amide bonds. The summed E-state index contributed by atoms with van der Waals surface area (Å²) in [6.07, 6.45) is 1.31. The molecule has 0 unspecified atom stereocenters. The third-order valence-corrected chi connectivity index (χ3v) is 5.37. The number of aryl methyl sites for hydroxylation is 1. The van der Waals surface area contributed by atoms with Gasteiger partial charge in [-0.15, -0.1) is 0 Å². The van der Waals surface area contributed by atoms with E-state index in [1.807, 2.05) is 44.5 Å². The van der Waals surface area contributed by atoms with Crippen molar-refractivity contribution in [2.75, 3.05) is 6.67 Å². The molecule has 0 aromatic carbocycles. The Labute approximate surface area is 150 Å². The normalized spacial score (nSPS) is 19.6. The number of thiophene rings is 1. The van der Waals surface area contributed by atoms with Gasteiger partial charge in [0.2, 0.25) is 0 Å². The van der Waals surface area contributed by atoms with Crippen LogP contribution in [0.5, 0.6) is 0 Å². The molecule has 3 rings (SSSR count). The third kappa shape index (κ3) is 3.56. The maximum Gasteiger partial charge on any atom is 0.525 e. The molecule has 1 aliphatic rings. The Morgan fingerprint density at radius 2 is 2.00 bits per heavy atom. The molecule has 0 radical (unpaired) electrons. The van der Waals surface area contributed by atoms with Crippen LogP contribution < -0.4 is 0 Å². The topological polar surface area (TPSA) is 36.3 Å². The van der Waals surface area contributed by atoms with Crippen LogP contribution in [-0.2, 0) is 15.9 Å². The van der Waals surface area contributed by atoms with Crippen LogP contribution in [0.2, 0.25) is 0 Å². The fourth-order valence-corrected chi connectivity index (χ4v) is 3.17. The first-order chi connectivity index (χ1) is 11.7. The molecule has 0 spiro atoms. The Morgan fingerprint density at radius 1 is 1.32 bits per heavy atom. The molecule has 0 atom stereocenters. The van der Waals surface area contributed by atoms with Gasteiger partial charge in [0.25, 0.3) is 0 Å². The van der Waals surface area contributed by atoms with Crippen molar-refractivity contribution >= 4 is 24.5 Å². The smallest absolute Gasteiger partial charge is 0.398 e. The molecule has 134 valence electrons. The highest BCUT2D eigenvalue weighted by Crippen LogP contribution is 2.39. The van der Waals surface area contributed by atoms with Gasteiger partial charge in [0.1, 0.15) is 12.4 Å². The van der Waals surface area contributed by atoms with Crippen LogP contribution in [0, 0.1) is 0 Å². The van der Waals surface area contributed by atoms with Crippen LogP contribution in [-0.4, -0.2) is 34.8 Å². The molecule has 0 aliphatic carbocycles. The fraction of sp³-hybridized carbons (Fsp3) is 0.471. The molecule has 1 saturated heterocycles. The van der Waals surface area contributed by atoms with Crippen LogP contribution in [0.1, 0.15) is 33.4 Å². The molecular formula is C17H21BF2N2O2S. The Morgan fingerprint density at radius 3 is 2.56 bits per heavy atom. The van der Waals surface area contributed by atoms with Gasteiger partial charge in [-0.2, -0.15) is 16.4 Å². The van der Waals surface area contributed by atoms with Gasteiger partial charge >= 0.3 is 7.12 Å². The Balaban J connectivity index is 1.89. The predicted octanol–water partition coefficient (Wildman–Crippen LogP) is 4.52. The molecule has 3 heterocycles. The fourth-order valence-electron chi connectivity index (χ4n) is 2.52. The van der Waals surface area contributed by atoms with Gasteiger partial charge in [-0.1, -0.05) is 0 Å². The average Bonchev–Trinajstić information content (AvgIpc) is 3.20. The van der Waals surface area contributed by atoms with Gasteiger partial charge in [0.15, 0.2) is 0 Å². The highest BCUT2D eigenvalue weighted by atomic mass is 32.1. The minimum Gasteiger partial charge on any atom is -0.398 e. The number of rotatable bonds is 5. The Kier molecular flexibility index (Phi) is 4.87. The van der Waals surface area contributed by atoms with E-state index in [0.717, 1.165) is 5.56 Å². The third-order valence-electron chi connectivity index (χ3n) is 4.69. The second-order valence-electron chi connectivity index (χ2n) is 7.00. The lowest BCUT2D eigenvalue weighted by Crippen LogP contribution is -2.41. The van der Waals surface area contributed by atoms with Gasteiger partial charge in [0, 0.05) is 10.9 Å². The second-order valence-corrected chi connectivity index (χ2v) is 7.78. The first-order valence-corrected chi connectivity index (χ1v) is 9.07. The number of hydrogen-bond donors (Lipinski definition) is 0. The Hall–Kier alpha value is -1.51. The van der Waals surface area contributed by atoms with Crippen molar-refractivity contribution in [3.8, 4) is 11.3 Å². The van der Waals surface area contributed by atoms with E-state index in [9.17, 15) is 8.78 Å². The first-order valence-electron chi connectivity index (χ1n) is 8.12. The van der Waals surface area contributed by atoms with Crippen molar-refractivity contribution in [2.45, 2.75) is 45.4 Å². The van der Waals surface area contributed by atoms with Gasteiger partial charge in [-0.3, -0.25) is 4.68 Å². The summed E-state index contributed by atoms with van der Waals surface area (Å²) in [5.41, 5.74) is 0.283. The molecule has 0 saturated carbocycles. The zero-order chi connectivity index (χ0) is 18.2. The van der Waals surface area contributed by atoms with Crippen molar-refractivity contribution in [3.63, 3.8) is 0 Å². The molecule has 2 aromatic heterocycles. The zero-order valence-electron chi connectivity index (χ0n) is 14.8. The summed E-state index contributed by atoms with van der Waals surface area (Å²) < 4.78 is 40.4. The molecule has 1 aliphatic heterocycles. The van der Waals surface area contributed by atoms with Crippen molar-refractivity contribution in [3.05, 3.63) is 34.3 Å². The lowest BCUT2D eigenvalue weighted by molar-refractivity contribution is 0.00578. The van der Waals surface area contributed by atoms with Crippen LogP contribution in [0.15, 0.2) is 28.6 Å². The summed E-state index contributed by atoms with van der Waals surface area (Å²) in [6.45, 7) is 6.94. The van der Waals surface area contributed by atoms with Crippen LogP contribution in [0.25, 0.3) is 17.3 Å². The molecule has 25 heavy (non-hydrogen) atoms. The standard InChI is InChI=1S/C17H21BF2N2O2S/c1-16(2)17(3,4)24-18(23-16)15(20)10-13-9-14(12-5-8-25-11-12)21-22(13)7-6-19/h5,8-11H,6-7H2,1-4H3. The molecule has 4 nitrogen and oxygen atoms in total. The van der Waals surface area contributed by atoms with E-state index < -0.39 is 30.7 Å². The molecule has 1 fully saturated rings. The first kappa shape index (κ1) is 18.3. The lowest BCUT2D eigenvalue weighted by atomic mass is 9.87. The maximum atomic E-state index is 14.7.